The molecule has 1 fully saturated rings. The molecule has 0 spiro atoms. The van der Waals surface area contributed by atoms with Gasteiger partial charge in [-0.2, -0.15) is 5.10 Å². The van der Waals surface area contributed by atoms with Crippen molar-refractivity contribution in [3.63, 3.8) is 0 Å². The lowest BCUT2D eigenvalue weighted by Crippen LogP contribution is -2.29. The number of ether oxygens (including phenoxy) is 1. The fourth-order valence-electron chi connectivity index (χ4n) is 4.41. The fourth-order valence-corrected chi connectivity index (χ4v) is 4.57. The van der Waals surface area contributed by atoms with E-state index < -0.39 is 0 Å². The van der Waals surface area contributed by atoms with Gasteiger partial charge in [0.2, 0.25) is 0 Å². The first-order valence-corrected chi connectivity index (χ1v) is 11.7. The number of halogens is 1. The van der Waals surface area contributed by atoms with Crippen LogP contribution in [0.2, 0.25) is 5.02 Å². The smallest absolute Gasteiger partial charge is 0.133 e. The van der Waals surface area contributed by atoms with Crippen molar-refractivity contribution in [1.82, 2.24) is 25.1 Å². The van der Waals surface area contributed by atoms with E-state index in [1.165, 1.54) is 24.0 Å². The van der Waals surface area contributed by atoms with Gasteiger partial charge < -0.3 is 9.64 Å². The van der Waals surface area contributed by atoms with Crippen molar-refractivity contribution in [3.8, 4) is 5.75 Å². The fraction of sp³-hybridized carbons (Fsp3) is 0.480. The Balaban J connectivity index is 1.62. The molecule has 170 valence electrons. The highest BCUT2D eigenvalue weighted by molar-refractivity contribution is 6.31. The van der Waals surface area contributed by atoms with Crippen LogP contribution in [0.5, 0.6) is 5.75 Å². The monoisotopic (exact) mass is 453 g/mol. The lowest BCUT2D eigenvalue weighted by Gasteiger charge is -2.30. The van der Waals surface area contributed by atoms with Crippen LogP contribution in [0.3, 0.4) is 0 Å². The first-order chi connectivity index (χ1) is 15.4. The number of aryl methyl sites for hydroxylation is 1. The van der Waals surface area contributed by atoms with E-state index in [1.54, 1.807) is 12.4 Å². The van der Waals surface area contributed by atoms with E-state index in [-0.39, 0.29) is 6.10 Å². The van der Waals surface area contributed by atoms with Gasteiger partial charge in [0.25, 0.3) is 0 Å². The normalized spacial score (nSPS) is 15.4. The minimum atomic E-state index is 0.101. The van der Waals surface area contributed by atoms with E-state index in [1.807, 2.05) is 6.07 Å². The Morgan fingerprint density at radius 3 is 2.69 bits per heavy atom. The van der Waals surface area contributed by atoms with Crippen LogP contribution >= 0.6 is 11.6 Å². The maximum atomic E-state index is 6.37. The van der Waals surface area contributed by atoms with Crippen LogP contribution in [0.15, 0.2) is 30.6 Å². The zero-order valence-corrected chi connectivity index (χ0v) is 20.1. The molecule has 1 aliphatic heterocycles. The highest BCUT2D eigenvalue weighted by atomic mass is 35.5. The van der Waals surface area contributed by atoms with E-state index >= 15 is 0 Å². The highest BCUT2D eigenvalue weighted by Crippen LogP contribution is 2.35. The van der Waals surface area contributed by atoms with Crippen molar-refractivity contribution in [3.05, 3.63) is 69.5 Å². The molecule has 0 radical (unpaired) electrons. The van der Waals surface area contributed by atoms with Gasteiger partial charge in [-0.05, 0) is 82.9 Å². The van der Waals surface area contributed by atoms with Crippen LogP contribution in [0.25, 0.3) is 0 Å². The predicted octanol–water partition coefficient (Wildman–Crippen LogP) is 4.94. The third kappa shape index (κ3) is 5.48. The van der Waals surface area contributed by atoms with Crippen LogP contribution in [0, 0.1) is 6.92 Å². The van der Waals surface area contributed by atoms with Crippen molar-refractivity contribution >= 4 is 11.6 Å². The quantitative estimate of drug-likeness (QED) is 0.548. The summed E-state index contributed by atoms with van der Waals surface area (Å²) in [7, 11) is 2.20. The molecule has 32 heavy (non-hydrogen) atoms. The predicted molar refractivity (Wildman–Crippen MR) is 128 cm³/mol. The molecule has 1 N–H and O–H groups in total. The molecule has 0 amide bonds. The Kier molecular flexibility index (Phi) is 7.11. The Hall–Kier alpha value is -2.44. The van der Waals surface area contributed by atoms with Crippen LogP contribution in [-0.4, -0.2) is 51.3 Å². The summed E-state index contributed by atoms with van der Waals surface area (Å²) in [6.07, 6.45) is 7.10. The lowest BCUT2D eigenvalue weighted by molar-refractivity contribution is 0.237. The van der Waals surface area contributed by atoms with Crippen LogP contribution < -0.4 is 4.74 Å². The number of H-pyrrole nitrogens is 1. The molecule has 7 heteroatoms. The average molecular weight is 454 g/mol. The van der Waals surface area contributed by atoms with Gasteiger partial charge in [-0.25, -0.2) is 9.97 Å². The minimum Gasteiger partial charge on any atom is -0.491 e. The number of piperidine rings is 1. The summed E-state index contributed by atoms with van der Waals surface area (Å²) in [6.45, 7) is 8.64. The molecule has 3 aromatic rings. The molecular weight excluding hydrogens is 422 g/mol. The number of nitrogens with zero attached hydrogens (tertiary/aromatic N) is 4. The average Bonchev–Trinajstić information content (AvgIpc) is 3.26. The largest absolute Gasteiger partial charge is 0.491 e. The molecule has 1 aliphatic rings. The summed E-state index contributed by atoms with van der Waals surface area (Å²) < 4.78 is 6.26. The summed E-state index contributed by atoms with van der Waals surface area (Å²) in [6, 6.07) is 6.46. The zero-order valence-electron chi connectivity index (χ0n) is 19.4. The van der Waals surface area contributed by atoms with Gasteiger partial charge in [0.05, 0.1) is 16.8 Å². The third-order valence-corrected chi connectivity index (χ3v) is 6.42. The number of nitrogens with one attached hydrogen (secondary N) is 1. The molecule has 1 saturated heterocycles. The van der Waals surface area contributed by atoms with E-state index in [0.717, 1.165) is 41.6 Å². The number of likely N-dealkylation sites (tertiary alicyclic amines) is 1. The van der Waals surface area contributed by atoms with Gasteiger partial charge in [-0.3, -0.25) is 5.10 Å². The molecule has 3 heterocycles. The highest BCUT2D eigenvalue weighted by Gasteiger charge is 2.22. The second-order valence-electron chi connectivity index (χ2n) is 9.08. The lowest BCUT2D eigenvalue weighted by atomic mass is 9.85. The van der Waals surface area contributed by atoms with E-state index in [4.69, 9.17) is 21.3 Å². The first-order valence-electron chi connectivity index (χ1n) is 11.4. The molecule has 2 aromatic heterocycles. The van der Waals surface area contributed by atoms with Gasteiger partial charge in [0.15, 0.2) is 0 Å². The molecule has 4 rings (SSSR count). The molecule has 0 saturated carbocycles. The van der Waals surface area contributed by atoms with Gasteiger partial charge in [-0.1, -0.05) is 17.7 Å². The Bertz CT molecular complexity index is 1040. The number of benzene rings is 1. The number of hydrogen-bond donors (Lipinski definition) is 1. The van der Waals surface area contributed by atoms with E-state index in [9.17, 15) is 0 Å². The number of hydrogen-bond acceptors (Lipinski definition) is 5. The van der Waals surface area contributed by atoms with Crippen molar-refractivity contribution in [1.29, 1.82) is 0 Å². The summed E-state index contributed by atoms with van der Waals surface area (Å²) in [5.41, 5.74) is 5.61. The van der Waals surface area contributed by atoms with Crippen molar-refractivity contribution in [2.75, 3.05) is 20.1 Å². The van der Waals surface area contributed by atoms with E-state index in [0.29, 0.717) is 23.8 Å². The van der Waals surface area contributed by atoms with Gasteiger partial charge in [0.1, 0.15) is 11.6 Å². The maximum absolute atomic E-state index is 6.37. The van der Waals surface area contributed by atoms with Crippen LogP contribution in [0.1, 0.15) is 66.5 Å². The molecule has 0 bridgehead atoms. The second-order valence-corrected chi connectivity index (χ2v) is 9.48. The molecule has 0 atom stereocenters. The number of aromatic amines is 1. The van der Waals surface area contributed by atoms with Gasteiger partial charge in [-0.15, -0.1) is 0 Å². The molecule has 0 unspecified atom stereocenters. The molecule has 6 nitrogen and oxygen atoms in total. The Morgan fingerprint density at radius 1 is 1.22 bits per heavy atom. The van der Waals surface area contributed by atoms with Crippen molar-refractivity contribution in [2.45, 2.75) is 58.5 Å². The van der Waals surface area contributed by atoms with Crippen molar-refractivity contribution in [2.24, 2.45) is 0 Å². The molecule has 1 aromatic carbocycles. The van der Waals surface area contributed by atoms with Crippen LogP contribution in [-0.2, 0) is 12.8 Å². The Morgan fingerprint density at radius 2 is 2.00 bits per heavy atom. The minimum absolute atomic E-state index is 0.101. The van der Waals surface area contributed by atoms with Crippen molar-refractivity contribution < 1.29 is 4.74 Å². The standard InChI is InChI=1S/C25H32ClN5O/c1-16(2)32-24-14-21(18-6-9-31(4)10-7-18)17(3)11-19(24)12-25-27-15-22(26)23(29-25)13-20-5-8-28-30-20/h5,8,11,14-16,18H,6-7,9-10,12-13H2,1-4H3,(H,28,30). The van der Waals surface area contributed by atoms with Gasteiger partial charge in [0, 0.05) is 36.5 Å². The molecule has 0 aliphatic carbocycles. The number of rotatable bonds is 7. The van der Waals surface area contributed by atoms with E-state index in [2.05, 4.69) is 60.0 Å². The summed E-state index contributed by atoms with van der Waals surface area (Å²) in [5.74, 6) is 2.26. The number of aromatic nitrogens is 4. The second kappa shape index (κ2) is 10.0. The van der Waals surface area contributed by atoms with Crippen LogP contribution in [0.4, 0.5) is 0 Å². The molecular formula is C25H32ClN5O. The Labute approximate surface area is 195 Å². The van der Waals surface area contributed by atoms with Gasteiger partial charge >= 0.3 is 0 Å². The third-order valence-electron chi connectivity index (χ3n) is 6.10. The zero-order chi connectivity index (χ0) is 22.7. The summed E-state index contributed by atoms with van der Waals surface area (Å²) in [4.78, 5) is 11.7. The topological polar surface area (TPSA) is 66.9 Å². The summed E-state index contributed by atoms with van der Waals surface area (Å²) >= 11 is 6.37. The maximum Gasteiger partial charge on any atom is 0.133 e. The first kappa shape index (κ1) is 22.7. The SMILES string of the molecule is Cc1cc(Cc2ncc(Cl)c(Cc3ccn[nH]3)n2)c(OC(C)C)cc1C1CCN(C)CC1. The summed E-state index contributed by atoms with van der Waals surface area (Å²) in [5, 5.41) is 7.54.